The standard InChI is InChI=1S/C23H37NO7/c1-4-24-9-20(10-30-2)6-5-14(25)22-13-7-11-12(31-3)8-21(28,23(13,29)19(11)27)15(18(22)24)16(26)17(20)22/h11-19,25-29H,4-10H2,1-3H3/t11-,12+,13+,14+,15+,16+,17-,18?,19+,20+,21+,22+,23+/m1/s1. The Morgan fingerprint density at radius 1 is 1.13 bits per heavy atom. The number of rotatable bonds is 4. The molecule has 6 rings (SSSR count). The summed E-state index contributed by atoms with van der Waals surface area (Å²) in [6.07, 6.45) is -1.18. The van der Waals surface area contributed by atoms with Crippen LogP contribution in [0.5, 0.6) is 0 Å². The van der Waals surface area contributed by atoms with Crippen LogP contribution in [0.15, 0.2) is 0 Å². The Hall–Kier alpha value is -0.320. The summed E-state index contributed by atoms with van der Waals surface area (Å²) < 4.78 is 11.4. The maximum atomic E-state index is 12.3. The van der Waals surface area contributed by atoms with Crippen molar-refractivity contribution in [2.45, 2.75) is 74.3 Å². The van der Waals surface area contributed by atoms with Crippen molar-refractivity contribution in [2.24, 2.45) is 34.5 Å². The highest BCUT2D eigenvalue weighted by Crippen LogP contribution is 2.79. The number of aliphatic hydroxyl groups excluding tert-OH is 3. The van der Waals surface area contributed by atoms with Crippen LogP contribution in [0.1, 0.15) is 32.6 Å². The van der Waals surface area contributed by atoms with Crippen LogP contribution < -0.4 is 0 Å². The lowest BCUT2D eigenvalue weighted by Crippen LogP contribution is -2.82. The van der Waals surface area contributed by atoms with Gasteiger partial charge in [0.1, 0.15) is 11.2 Å². The predicted molar refractivity (Wildman–Crippen MR) is 109 cm³/mol. The van der Waals surface area contributed by atoms with E-state index < -0.39 is 52.9 Å². The number of nitrogens with zero attached hydrogens (tertiary/aromatic N) is 1. The first-order chi connectivity index (χ1) is 14.7. The van der Waals surface area contributed by atoms with Crippen LogP contribution in [-0.4, -0.2) is 106 Å². The van der Waals surface area contributed by atoms with Crippen LogP contribution in [0.25, 0.3) is 0 Å². The molecule has 8 heteroatoms. The molecule has 176 valence electrons. The molecule has 0 aromatic heterocycles. The van der Waals surface area contributed by atoms with Gasteiger partial charge in [-0.25, -0.2) is 0 Å². The summed E-state index contributed by atoms with van der Waals surface area (Å²) in [7, 11) is 3.26. The van der Waals surface area contributed by atoms with Gasteiger partial charge < -0.3 is 35.0 Å². The molecular weight excluding hydrogens is 402 g/mol. The summed E-state index contributed by atoms with van der Waals surface area (Å²) >= 11 is 0. The van der Waals surface area contributed by atoms with Crippen LogP contribution in [-0.2, 0) is 9.47 Å². The number of hydrogen-bond donors (Lipinski definition) is 5. The number of ether oxygens (including phenoxy) is 2. The summed E-state index contributed by atoms with van der Waals surface area (Å²) in [6, 6.07) is -0.255. The van der Waals surface area contributed by atoms with E-state index >= 15 is 0 Å². The van der Waals surface area contributed by atoms with Crippen LogP contribution in [0.4, 0.5) is 0 Å². The maximum absolute atomic E-state index is 12.3. The van der Waals surface area contributed by atoms with E-state index in [4.69, 9.17) is 9.47 Å². The van der Waals surface area contributed by atoms with Gasteiger partial charge in [0.2, 0.25) is 0 Å². The molecule has 6 fully saturated rings. The van der Waals surface area contributed by atoms with Gasteiger partial charge in [0.25, 0.3) is 0 Å². The van der Waals surface area contributed by atoms with Crippen molar-refractivity contribution in [3.05, 3.63) is 0 Å². The minimum atomic E-state index is -1.77. The van der Waals surface area contributed by atoms with Crippen molar-refractivity contribution in [1.29, 1.82) is 0 Å². The minimum absolute atomic E-state index is 0.185. The van der Waals surface area contributed by atoms with E-state index in [9.17, 15) is 25.5 Å². The van der Waals surface area contributed by atoms with Crippen LogP contribution >= 0.6 is 0 Å². The molecule has 0 aromatic rings. The van der Waals surface area contributed by atoms with Crippen LogP contribution in [0.2, 0.25) is 0 Å². The van der Waals surface area contributed by atoms with Gasteiger partial charge in [0.15, 0.2) is 0 Å². The second-order valence-electron chi connectivity index (χ2n) is 11.5. The third-order valence-electron chi connectivity index (χ3n) is 11.0. The smallest absolute Gasteiger partial charge is 0.123 e. The van der Waals surface area contributed by atoms with Gasteiger partial charge in [-0.3, -0.25) is 4.90 Å². The average Bonchev–Trinajstić information content (AvgIpc) is 3.09. The molecule has 1 heterocycles. The summed E-state index contributed by atoms with van der Waals surface area (Å²) in [5.41, 5.74) is -4.61. The summed E-state index contributed by atoms with van der Waals surface area (Å²) in [6.45, 7) is 4.02. The quantitative estimate of drug-likeness (QED) is 0.377. The first kappa shape index (κ1) is 21.2. The Balaban J connectivity index is 1.64. The van der Waals surface area contributed by atoms with Gasteiger partial charge >= 0.3 is 0 Å². The van der Waals surface area contributed by atoms with Crippen molar-refractivity contribution in [2.75, 3.05) is 33.9 Å². The van der Waals surface area contributed by atoms with E-state index in [1.165, 1.54) is 0 Å². The zero-order valence-electron chi connectivity index (χ0n) is 18.6. The molecule has 1 aliphatic heterocycles. The Labute approximate surface area is 183 Å². The topological polar surface area (TPSA) is 123 Å². The van der Waals surface area contributed by atoms with Crippen molar-refractivity contribution in [3.8, 4) is 0 Å². The SMILES string of the molecule is CCN1C[C@]2(COC)CC[C@H](O)[C@]34C1[C@H]([C@H](O)[C@H]23)[C@@]1(O)C[C@H](OC)[C@H]2C[C@@H]4[C@]1(O)[C@H]2O. The number of piperidine rings is 1. The molecule has 13 atom stereocenters. The maximum Gasteiger partial charge on any atom is 0.123 e. The van der Waals surface area contributed by atoms with E-state index in [1.807, 2.05) is 0 Å². The second-order valence-corrected chi connectivity index (χ2v) is 11.5. The first-order valence-electron chi connectivity index (χ1n) is 11.9. The molecule has 1 spiro atoms. The molecule has 5 aliphatic carbocycles. The summed E-state index contributed by atoms with van der Waals surface area (Å²) in [5, 5.41) is 59.3. The highest BCUT2D eigenvalue weighted by atomic mass is 16.5. The molecule has 0 aromatic carbocycles. The lowest BCUT2D eigenvalue weighted by molar-refractivity contribution is -0.332. The van der Waals surface area contributed by atoms with E-state index in [0.717, 1.165) is 19.5 Å². The molecule has 6 aliphatic rings. The van der Waals surface area contributed by atoms with E-state index in [2.05, 4.69) is 11.8 Å². The molecule has 0 amide bonds. The van der Waals surface area contributed by atoms with Gasteiger partial charge in [-0.05, 0) is 25.8 Å². The molecule has 31 heavy (non-hydrogen) atoms. The normalized spacial score (nSPS) is 64.1. The van der Waals surface area contributed by atoms with Gasteiger partial charge in [0, 0.05) is 67.7 Å². The predicted octanol–water partition coefficient (Wildman–Crippen LogP) is -1.04. The Kier molecular flexibility index (Phi) is 4.26. The molecular formula is C23H37NO7. The van der Waals surface area contributed by atoms with Crippen molar-refractivity contribution < 1.29 is 35.0 Å². The van der Waals surface area contributed by atoms with Crippen molar-refractivity contribution in [3.63, 3.8) is 0 Å². The van der Waals surface area contributed by atoms with Gasteiger partial charge in [-0.1, -0.05) is 6.92 Å². The Morgan fingerprint density at radius 3 is 2.52 bits per heavy atom. The number of methoxy groups -OCH3 is 2. The van der Waals surface area contributed by atoms with Crippen LogP contribution in [0.3, 0.4) is 0 Å². The number of likely N-dealkylation sites (tertiary alicyclic amines) is 1. The van der Waals surface area contributed by atoms with Gasteiger partial charge in [-0.2, -0.15) is 0 Å². The number of hydrogen-bond acceptors (Lipinski definition) is 8. The number of aliphatic hydroxyl groups is 5. The molecule has 7 bridgehead atoms. The second kappa shape index (κ2) is 6.21. The first-order valence-corrected chi connectivity index (χ1v) is 11.9. The van der Waals surface area contributed by atoms with E-state index in [-0.39, 0.29) is 29.7 Å². The monoisotopic (exact) mass is 439 g/mol. The fourth-order valence-electron chi connectivity index (χ4n) is 10.4. The zero-order chi connectivity index (χ0) is 22.1. The fraction of sp³-hybridized carbons (Fsp3) is 1.00. The Bertz CT molecular complexity index is 783. The largest absolute Gasteiger partial charge is 0.392 e. The van der Waals surface area contributed by atoms with Crippen molar-refractivity contribution in [1.82, 2.24) is 4.90 Å². The third kappa shape index (κ3) is 1.93. The van der Waals surface area contributed by atoms with Gasteiger partial charge in [-0.15, -0.1) is 0 Å². The highest BCUT2D eigenvalue weighted by Gasteiger charge is 2.90. The molecule has 1 unspecified atom stereocenters. The molecule has 0 radical (unpaired) electrons. The third-order valence-corrected chi connectivity index (χ3v) is 11.0. The van der Waals surface area contributed by atoms with Crippen LogP contribution in [0, 0.1) is 34.5 Å². The Morgan fingerprint density at radius 2 is 1.87 bits per heavy atom. The molecule has 5 N–H and O–H groups in total. The highest BCUT2D eigenvalue weighted by molar-refractivity contribution is 5.39. The summed E-state index contributed by atoms with van der Waals surface area (Å²) in [5.74, 6) is -1.78. The molecule has 1 saturated heterocycles. The zero-order valence-corrected chi connectivity index (χ0v) is 18.6. The van der Waals surface area contributed by atoms with Crippen molar-refractivity contribution >= 4 is 0 Å². The molecule has 8 nitrogen and oxygen atoms in total. The number of fused-ring (bicyclic) bond motifs is 2. The summed E-state index contributed by atoms with van der Waals surface area (Å²) in [4.78, 5) is 2.32. The fourth-order valence-corrected chi connectivity index (χ4v) is 10.4. The lowest BCUT2D eigenvalue weighted by Gasteiger charge is -2.70. The van der Waals surface area contributed by atoms with Gasteiger partial charge in [0.05, 0.1) is 31.0 Å². The molecule has 5 saturated carbocycles. The lowest BCUT2D eigenvalue weighted by atomic mass is 9.42. The minimum Gasteiger partial charge on any atom is -0.392 e. The van der Waals surface area contributed by atoms with E-state index in [1.54, 1.807) is 14.2 Å². The average molecular weight is 440 g/mol. The van der Waals surface area contributed by atoms with E-state index in [0.29, 0.717) is 19.4 Å².